The van der Waals surface area contributed by atoms with Gasteiger partial charge in [0, 0.05) is 43.1 Å². The summed E-state index contributed by atoms with van der Waals surface area (Å²) < 4.78 is 5.19. The monoisotopic (exact) mass is 533 g/mol. The van der Waals surface area contributed by atoms with Crippen molar-refractivity contribution >= 4 is 40.4 Å². The van der Waals surface area contributed by atoms with Crippen LogP contribution in [0.2, 0.25) is 5.02 Å². The smallest absolute Gasteiger partial charge is 0.300 e. The Bertz CT molecular complexity index is 1400. The topological polar surface area (TPSA) is 93.5 Å². The van der Waals surface area contributed by atoms with E-state index in [0.717, 1.165) is 31.9 Å². The molecule has 2 heterocycles. The number of amides is 1. The summed E-state index contributed by atoms with van der Waals surface area (Å²) in [7, 11) is 3.58. The summed E-state index contributed by atoms with van der Waals surface area (Å²) in [5.41, 5.74) is 2.33. The second kappa shape index (κ2) is 10.4. The molecule has 0 spiro atoms. The van der Waals surface area contributed by atoms with Crippen LogP contribution in [0, 0.1) is 0 Å². The average Bonchev–Trinajstić information content (AvgIpc) is 3.19. The van der Waals surface area contributed by atoms with Gasteiger partial charge in [0.05, 0.1) is 23.7 Å². The Balaban J connectivity index is 1.58. The summed E-state index contributed by atoms with van der Waals surface area (Å²) >= 11 is 6.27. The summed E-state index contributed by atoms with van der Waals surface area (Å²) in [5, 5.41) is 21.4. The van der Waals surface area contributed by atoms with Gasteiger partial charge in [-0.05, 0) is 67.2 Å². The molecule has 2 fully saturated rings. The number of aliphatic hydroxyl groups excluding tert-OH is 1. The first-order valence-corrected chi connectivity index (χ1v) is 12.6. The van der Waals surface area contributed by atoms with E-state index in [0.29, 0.717) is 17.0 Å². The average molecular weight is 534 g/mol. The molecule has 2 aliphatic rings. The van der Waals surface area contributed by atoms with Gasteiger partial charge in [0.15, 0.2) is 0 Å². The van der Waals surface area contributed by atoms with Crippen LogP contribution in [-0.4, -0.2) is 67.1 Å². The maximum absolute atomic E-state index is 13.4. The number of nitrogens with zero attached hydrogens (tertiary/aromatic N) is 3. The van der Waals surface area contributed by atoms with Gasteiger partial charge in [-0.15, -0.1) is 0 Å². The van der Waals surface area contributed by atoms with Gasteiger partial charge in [-0.1, -0.05) is 23.7 Å². The van der Waals surface area contributed by atoms with E-state index in [9.17, 15) is 19.8 Å². The van der Waals surface area contributed by atoms with E-state index in [-0.39, 0.29) is 27.7 Å². The van der Waals surface area contributed by atoms with Gasteiger partial charge < -0.3 is 24.7 Å². The maximum Gasteiger partial charge on any atom is 0.300 e. The van der Waals surface area contributed by atoms with Crippen molar-refractivity contribution in [2.45, 2.75) is 6.04 Å². The highest BCUT2D eigenvalue weighted by molar-refractivity contribution is 6.51. The number of Topliss-reactive ketones (excluding diaryl/α,β-unsaturated/α-hetero) is 1. The highest BCUT2D eigenvalue weighted by atomic mass is 35.5. The van der Waals surface area contributed by atoms with Crippen molar-refractivity contribution in [2.24, 2.45) is 0 Å². The number of hydrogen-bond acceptors (Lipinski definition) is 7. The normalized spacial score (nSPS) is 19.7. The number of aromatic hydroxyl groups is 1. The van der Waals surface area contributed by atoms with E-state index in [1.807, 2.05) is 24.3 Å². The minimum absolute atomic E-state index is 0.0455. The Kier molecular flexibility index (Phi) is 7.01. The summed E-state index contributed by atoms with van der Waals surface area (Å²) in [6, 6.07) is 17.5. The summed E-state index contributed by atoms with van der Waals surface area (Å²) in [6.45, 7) is 3.73. The number of benzene rings is 3. The molecule has 196 valence electrons. The minimum Gasteiger partial charge on any atom is -0.508 e. The van der Waals surface area contributed by atoms with Crippen molar-refractivity contribution < 1.29 is 24.5 Å². The summed E-state index contributed by atoms with van der Waals surface area (Å²) in [4.78, 5) is 32.7. The number of ketones is 1. The molecule has 1 unspecified atom stereocenters. The number of aliphatic hydroxyl groups is 1. The van der Waals surface area contributed by atoms with Gasteiger partial charge in [-0.2, -0.15) is 0 Å². The van der Waals surface area contributed by atoms with Crippen LogP contribution in [0.5, 0.6) is 11.5 Å². The van der Waals surface area contributed by atoms with Gasteiger partial charge in [0.1, 0.15) is 17.3 Å². The molecule has 0 saturated carbocycles. The Morgan fingerprint density at radius 3 is 2.16 bits per heavy atom. The zero-order valence-corrected chi connectivity index (χ0v) is 21.9. The molecular weight excluding hydrogens is 506 g/mol. The Hall–Kier alpha value is -4.01. The Labute approximate surface area is 225 Å². The lowest BCUT2D eigenvalue weighted by atomic mass is 9.95. The number of piperazine rings is 1. The van der Waals surface area contributed by atoms with Gasteiger partial charge in [0.2, 0.25) is 0 Å². The third kappa shape index (κ3) is 4.68. The Morgan fingerprint density at radius 1 is 0.921 bits per heavy atom. The Morgan fingerprint density at radius 2 is 1.55 bits per heavy atom. The number of phenolic OH excluding ortho intramolecular Hbond substituents is 1. The van der Waals surface area contributed by atoms with Crippen molar-refractivity contribution in [3.05, 3.63) is 88.5 Å². The van der Waals surface area contributed by atoms with Crippen LogP contribution in [-0.2, 0) is 9.59 Å². The quantitative estimate of drug-likeness (QED) is 0.285. The standard InChI is InChI=1S/C29H28ClN3O5/c1-31-13-15-32(16-14-31)20-6-8-21(9-7-20)33-26(18-3-10-22(34)11-4-18)25(28(36)29(33)37)27(35)19-5-12-24(38-2)23(30)17-19/h3-12,17,26,34-35H,13-16H2,1-2H3/b27-25-. The van der Waals surface area contributed by atoms with E-state index < -0.39 is 17.7 Å². The number of ether oxygens (including phenoxy) is 1. The predicted octanol–water partition coefficient (Wildman–Crippen LogP) is 4.43. The maximum atomic E-state index is 13.4. The molecule has 0 bridgehead atoms. The minimum atomic E-state index is -0.911. The first-order chi connectivity index (χ1) is 18.3. The first kappa shape index (κ1) is 25.6. The van der Waals surface area contributed by atoms with Crippen LogP contribution < -0.4 is 14.5 Å². The molecule has 0 aliphatic carbocycles. The van der Waals surface area contributed by atoms with Gasteiger partial charge >= 0.3 is 0 Å². The highest BCUT2D eigenvalue weighted by Crippen LogP contribution is 2.43. The summed E-state index contributed by atoms with van der Waals surface area (Å²) in [5.74, 6) is -1.45. The molecule has 1 amide bonds. The van der Waals surface area contributed by atoms with E-state index in [1.165, 1.54) is 30.2 Å². The van der Waals surface area contributed by atoms with Crippen LogP contribution in [0.3, 0.4) is 0 Å². The lowest BCUT2D eigenvalue weighted by Gasteiger charge is -2.34. The molecule has 1 atom stereocenters. The number of hydrogen-bond donors (Lipinski definition) is 2. The van der Waals surface area contributed by atoms with Crippen LogP contribution in [0.25, 0.3) is 5.76 Å². The van der Waals surface area contributed by atoms with Gasteiger partial charge in [-0.25, -0.2) is 0 Å². The number of carbonyl (C=O) groups is 2. The molecule has 5 rings (SSSR count). The van der Waals surface area contributed by atoms with Crippen molar-refractivity contribution in [1.29, 1.82) is 0 Å². The van der Waals surface area contributed by atoms with E-state index in [2.05, 4.69) is 16.8 Å². The van der Waals surface area contributed by atoms with Crippen molar-refractivity contribution in [2.75, 3.05) is 50.1 Å². The fourth-order valence-corrected chi connectivity index (χ4v) is 5.19. The van der Waals surface area contributed by atoms with Crippen LogP contribution in [0.1, 0.15) is 17.2 Å². The second-order valence-corrected chi connectivity index (χ2v) is 9.82. The van der Waals surface area contributed by atoms with Crippen LogP contribution in [0.15, 0.2) is 72.3 Å². The zero-order chi connectivity index (χ0) is 27.0. The number of carbonyl (C=O) groups excluding carboxylic acids is 2. The lowest BCUT2D eigenvalue weighted by molar-refractivity contribution is -0.132. The molecular formula is C29H28ClN3O5. The van der Waals surface area contributed by atoms with E-state index in [1.54, 1.807) is 24.3 Å². The van der Waals surface area contributed by atoms with Crippen LogP contribution in [0.4, 0.5) is 11.4 Å². The molecule has 3 aromatic rings. The lowest BCUT2D eigenvalue weighted by Crippen LogP contribution is -2.44. The molecule has 38 heavy (non-hydrogen) atoms. The number of likely N-dealkylation sites (N-methyl/N-ethyl adjacent to an activating group) is 1. The van der Waals surface area contributed by atoms with E-state index in [4.69, 9.17) is 16.3 Å². The molecule has 2 N–H and O–H groups in total. The predicted molar refractivity (Wildman–Crippen MR) is 147 cm³/mol. The fourth-order valence-electron chi connectivity index (χ4n) is 4.93. The molecule has 2 saturated heterocycles. The molecule has 2 aliphatic heterocycles. The van der Waals surface area contributed by atoms with Gasteiger partial charge in [0.25, 0.3) is 11.7 Å². The number of halogens is 1. The van der Waals surface area contributed by atoms with Crippen molar-refractivity contribution in [3.8, 4) is 11.5 Å². The van der Waals surface area contributed by atoms with Gasteiger partial charge in [-0.3, -0.25) is 14.5 Å². The highest BCUT2D eigenvalue weighted by Gasteiger charge is 2.47. The zero-order valence-electron chi connectivity index (χ0n) is 21.1. The summed E-state index contributed by atoms with van der Waals surface area (Å²) in [6.07, 6.45) is 0. The number of phenols is 1. The molecule has 8 nitrogen and oxygen atoms in total. The van der Waals surface area contributed by atoms with Crippen molar-refractivity contribution in [1.82, 2.24) is 4.90 Å². The third-order valence-corrected chi connectivity index (χ3v) is 7.37. The van der Waals surface area contributed by atoms with Crippen molar-refractivity contribution in [3.63, 3.8) is 0 Å². The molecule has 3 aromatic carbocycles. The van der Waals surface area contributed by atoms with Crippen LogP contribution >= 0.6 is 11.6 Å². The number of anilines is 2. The molecule has 0 aromatic heterocycles. The molecule has 0 radical (unpaired) electrons. The van der Waals surface area contributed by atoms with E-state index >= 15 is 0 Å². The first-order valence-electron chi connectivity index (χ1n) is 12.3. The SMILES string of the molecule is COc1ccc(/C(O)=C2/C(=O)C(=O)N(c3ccc(N4CCN(C)CC4)cc3)C2c2ccc(O)cc2)cc1Cl. The fraction of sp³-hybridized carbons (Fsp3) is 0.241. The largest absolute Gasteiger partial charge is 0.508 e. The second-order valence-electron chi connectivity index (χ2n) is 9.42. The number of rotatable bonds is 5. The number of methoxy groups -OCH3 is 1. The third-order valence-electron chi connectivity index (χ3n) is 7.07. The molecule has 9 heteroatoms.